The highest BCUT2D eigenvalue weighted by Crippen LogP contribution is 2.36. The number of rotatable bonds is 6. The van der Waals surface area contributed by atoms with Crippen molar-refractivity contribution in [2.75, 3.05) is 41.3 Å². The summed E-state index contributed by atoms with van der Waals surface area (Å²) < 4.78 is 0. The average Bonchev–Trinajstić information content (AvgIpc) is 3.65. The maximum atomic E-state index is 10.1. The molecule has 2 aliphatic rings. The highest BCUT2D eigenvalue weighted by atomic mass is 35.5. The fraction of sp³-hybridized carbons (Fsp3) is 0.360. The van der Waals surface area contributed by atoms with Gasteiger partial charge in [-0.05, 0) is 38.0 Å². The molecule has 1 aliphatic heterocycles. The smallest absolute Gasteiger partial charge is 0.153 e. The summed E-state index contributed by atoms with van der Waals surface area (Å²) >= 11 is 12.6. The van der Waals surface area contributed by atoms with E-state index in [1.807, 2.05) is 19.1 Å². The van der Waals surface area contributed by atoms with Crippen molar-refractivity contribution in [2.45, 2.75) is 32.4 Å². The molecule has 0 bridgehead atoms. The molecule has 2 fully saturated rings. The summed E-state index contributed by atoms with van der Waals surface area (Å²) in [6.07, 6.45) is 2.50. The van der Waals surface area contributed by atoms with E-state index in [9.17, 15) is 5.11 Å². The Bertz CT molecular complexity index is 1160. The van der Waals surface area contributed by atoms with Crippen molar-refractivity contribution in [2.24, 2.45) is 0 Å². The monoisotopic (exact) mass is 483 g/mol. The molecule has 172 valence electrons. The normalized spacial score (nSPS) is 16.2. The van der Waals surface area contributed by atoms with Gasteiger partial charge in [0.15, 0.2) is 5.82 Å². The van der Waals surface area contributed by atoms with E-state index < -0.39 is 0 Å². The Hall–Kier alpha value is -2.54. The standard InChI is InChI=1S/C25H27Cl2N5O/c1-16-24(18-5-4-6-19(26)23(18)27)30-21(15-33)25(28-16)32-13-11-31(12-14-32)22-8-3-2-7-20(22)29-17-9-10-17/h2-8,17,29,33H,9-15H2,1H3. The number of benzene rings is 2. The van der Waals surface area contributed by atoms with Crippen LogP contribution in [0.2, 0.25) is 10.0 Å². The second kappa shape index (κ2) is 9.37. The molecule has 6 nitrogen and oxygen atoms in total. The molecule has 0 unspecified atom stereocenters. The van der Waals surface area contributed by atoms with Gasteiger partial charge < -0.3 is 20.2 Å². The zero-order valence-corrected chi connectivity index (χ0v) is 20.1. The summed E-state index contributed by atoms with van der Waals surface area (Å²) in [6, 6.07) is 14.6. The summed E-state index contributed by atoms with van der Waals surface area (Å²) in [7, 11) is 0. The largest absolute Gasteiger partial charge is 0.390 e. The van der Waals surface area contributed by atoms with Gasteiger partial charge >= 0.3 is 0 Å². The van der Waals surface area contributed by atoms with Gasteiger partial charge in [-0.25, -0.2) is 9.97 Å². The number of hydrogen-bond donors (Lipinski definition) is 2. The van der Waals surface area contributed by atoms with E-state index in [1.165, 1.54) is 24.2 Å². The number of aryl methyl sites for hydroxylation is 1. The van der Waals surface area contributed by atoms with E-state index in [2.05, 4.69) is 39.4 Å². The van der Waals surface area contributed by atoms with Crippen molar-refractivity contribution in [1.29, 1.82) is 0 Å². The van der Waals surface area contributed by atoms with E-state index in [4.69, 9.17) is 33.2 Å². The predicted octanol–water partition coefficient (Wildman–Crippen LogP) is 5.15. The van der Waals surface area contributed by atoms with Gasteiger partial charge in [0, 0.05) is 37.8 Å². The van der Waals surface area contributed by atoms with Crippen molar-refractivity contribution >= 4 is 40.4 Å². The Morgan fingerprint density at radius 1 is 0.970 bits per heavy atom. The number of anilines is 3. The molecule has 0 atom stereocenters. The maximum Gasteiger partial charge on any atom is 0.153 e. The lowest BCUT2D eigenvalue weighted by Crippen LogP contribution is -2.47. The number of hydrogen-bond acceptors (Lipinski definition) is 6. The van der Waals surface area contributed by atoms with Crippen LogP contribution in [0.25, 0.3) is 11.3 Å². The topological polar surface area (TPSA) is 64.5 Å². The van der Waals surface area contributed by atoms with Gasteiger partial charge in [-0.1, -0.05) is 47.5 Å². The van der Waals surface area contributed by atoms with Crippen molar-refractivity contribution in [3.63, 3.8) is 0 Å². The van der Waals surface area contributed by atoms with Gasteiger partial charge in [-0.15, -0.1) is 0 Å². The number of para-hydroxylation sites is 2. The molecule has 3 aromatic rings. The van der Waals surface area contributed by atoms with Gasteiger partial charge in [0.25, 0.3) is 0 Å². The second-order valence-electron chi connectivity index (χ2n) is 8.60. The summed E-state index contributed by atoms with van der Waals surface area (Å²) in [4.78, 5) is 14.2. The highest BCUT2D eigenvalue weighted by Gasteiger charge is 2.26. The number of aliphatic hydroxyl groups is 1. The lowest BCUT2D eigenvalue weighted by atomic mass is 10.1. The summed E-state index contributed by atoms with van der Waals surface area (Å²) in [5.41, 5.74) is 5.14. The van der Waals surface area contributed by atoms with Crippen LogP contribution >= 0.6 is 23.2 Å². The predicted molar refractivity (Wildman–Crippen MR) is 136 cm³/mol. The first-order chi connectivity index (χ1) is 16.0. The van der Waals surface area contributed by atoms with Crippen molar-refractivity contribution in [3.8, 4) is 11.3 Å². The first kappa shape index (κ1) is 22.3. The van der Waals surface area contributed by atoms with Crippen LogP contribution in [0.5, 0.6) is 0 Å². The van der Waals surface area contributed by atoms with Crippen LogP contribution in [0.1, 0.15) is 24.2 Å². The van der Waals surface area contributed by atoms with Gasteiger partial charge in [0.1, 0.15) is 5.69 Å². The molecule has 1 aromatic heterocycles. The van der Waals surface area contributed by atoms with Crippen LogP contribution in [-0.4, -0.2) is 47.3 Å². The molecule has 0 amide bonds. The summed E-state index contributed by atoms with van der Waals surface area (Å²) in [5, 5.41) is 14.6. The van der Waals surface area contributed by atoms with Crippen LogP contribution in [-0.2, 0) is 6.61 Å². The molecule has 8 heteroatoms. The van der Waals surface area contributed by atoms with E-state index >= 15 is 0 Å². The first-order valence-corrected chi connectivity index (χ1v) is 12.1. The highest BCUT2D eigenvalue weighted by molar-refractivity contribution is 6.43. The maximum absolute atomic E-state index is 10.1. The summed E-state index contributed by atoms with van der Waals surface area (Å²) in [5.74, 6) is 0.737. The molecule has 0 radical (unpaired) electrons. The van der Waals surface area contributed by atoms with E-state index in [0.717, 1.165) is 43.3 Å². The van der Waals surface area contributed by atoms with Crippen LogP contribution in [0.3, 0.4) is 0 Å². The van der Waals surface area contributed by atoms with E-state index in [-0.39, 0.29) is 6.61 Å². The average molecular weight is 484 g/mol. The third kappa shape index (κ3) is 4.60. The molecule has 1 aliphatic carbocycles. The lowest BCUT2D eigenvalue weighted by molar-refractivity contribution is 0.276. The Balaban J connectivity index is 1.37. The zero-order valence-electron chi connectivity index (χ0n) is 18.6. The van der Waals surface area contributed by atoms with Gasteiger partial charge in [0.05, 0.1) is 39.4 Å². The second-order valence-corrected chi connectivity index (χ2v) is 9.38. The van der Waals surface area contributed by atoms with Crippen molar-refractivity contribution in [3.05, 3.63) is 63.9 Å². The third-order valence-corrected chi connectivity index (χ3v) is 7.06. The van der Waals surface area contributed by atoms with Crippen LogP contribution in [0, 0.1) is 6.92 Å². The SMILES string of the molecule is Cc1nc(N2CCN(c3ccccc3NC3CC3)CC2)c(CO)nc1-c1cccc(Cl)c1Cl. The molecule has 5 rings (SSSR count). The van der Waals surface area contributed by atoms with Gasteiger partial charge in [0.2, 0.25) is 0 Å². The Morgan fingerprint density at radius 3 is 2.42 bits per heavy atom. The Kier molecular flexibility index (Phi) is 6.32. The molecule has 2 heterocycles. The fourth-order valence-electron chi connectivity index (χ4n) is 4.32. The number of nitrogens with zero attached hydrogens (tertiary/aromatic N) is 4. The quantitative estimate of drug-likeness (QED) is 0.505. The number of aromatic nitrogens is 2. The summed E-state index contributed by atoms with van der Waals surface area (Å²) in [6.45, 7) is 5.07. The molecule has 1 saturated heterocycles. The molecular weight excluding hydrogens is 457 g/mol. The van der Waals surface area contributed by atoms with Gasteiger partial charge in [-0.2, -0.15) is 0 Å². The Morgan fingerprint density at radius 2 is 1.70 bits per heavy atom. The minimum absolute atomic E-state index is 0.192. The van der Waals surface area contributed by atoms with Crippen LogP contribution < -0.4 is 15.1 Å². The molecular formula is C25H27Cl2N5O. The molecule has 33 heavy (non-hydrogen) atoms. The van der Waals surface area contributed by atoms with Crippen molar-refractivity contribution in [1.82, 2.24) is 9.97 Å². The van der Waals surface area contributed by atoms with E-state index in [0.29, 0.717) is 27.5 Å². The molecule has 0 spiro atoms. The van der Waals surface area contributed by atoms with Crippen LogP contribution in [0.4, 0.5) is 17.2 Å². The minimum Gasteiger partial charge on any atom is -0.390 e. The third-order valence-electron chi connectivity index (χ3n) is 6.24. The Labute approximate surface area is 204 Å². The lowest BCUT2D eigenvalue weighted by Gasteiger charge is -2.38. The zero-order chi connectivity index (χ0) is 22.9. The number of halogens is 2. The molecule has 2 N–H and O–H groups in total. The number of piperazine rings is 1. The fourth-order valence-corrected chi connectivity index (χ4v) is 4.71. The van der Waals surface area contributed by atoms with Crippen molar-refractivity contribution < 1.29 is 5.11 Å². The molecule has 1 saturated carbocycles. The molecule has 2 aromatic carbocycles. The number of aliphatic hydroxyl groups excluding tert-OH is 1. The van der Waals surface area contributed by atoms with Gasteiger partial charge in [-0.3, -0.25) is 0 Å². The van der Waals surface area contributed by atoms with Crippen LogP contribution in [0.15, 0.2) is 42.5 Å². The van der Waals surface area contributed by atoms with E-state index in [1.54, 1.807) is 6.07 Å². The minimum atomic E-state index is -0.192. The number of nitrogens with one attached hydrogen (secondary N) is 1. The first-order valence-electron chi connectivity index (χ1n) is 11.3.